The van der Waals surface area contributed by atoms with E-state index in [-0.39, 0.29) is 23.8 Å². The maximum Gasteiger partial charge on any atom is 0.226 e. The molecule has 2 atom stereocenters. The lowest BCUT2D eigenvalue weighted by molar-refractivity contribution is -0.133. The molecule has 1 heterocycles. The summed E-state index contributed by atoms with van der Waals surface area (Å²) in [6, 6.07) is 4.01. The summed E-state index contributed by atoms with van der Waals surface area (Å²) in [5.41, 5.74) is 0.690. The number of hydrogen-bond donors (Lipinski definition) is 0. The summed E-state index contributed by atoms with van der Waals surface area (Å²) in [4.78, 5) is 14.3. The van der Waals surface area contributed by atoms with Crippen molar-refractivity contribution < 1.29 is 17.8 Å². The lowest BCUT2D eigenvalue weighted by atomic mass is 10.1. The molecule has 0 radical (unpaired) electrons. The first-order chi connectivity index (χ1) is 10.5. The van der Waals surface area contributed by atoms with Gasteiger partial charge in [-0.05, 0) is 42.9 Å². The molecule has 120 valence electrons. The molecule has 6 heteroatoms. The third-order valence-corrected chi connectivity index (χ3v) is 6.11. The van der Waals surface area contributed by atoms with E-state index >= 15 is 0 Å². The van der Waals surface area contributed by atoms with Gasteiger partial charge in [0.25, 0.3) is 0 Å². The molecule has 1 aliphatic heterocycles. The van der Waals surface area contributed by atoms with Crippen molar-refractivity contribution in [2.45, 2.75) is 31.2 Å². The average molecular weight is 327 g/mol. The molecule has 0 spiro atoms. The normalized spacial score (nSPS) is 30.9. The first kappa shape index (κ1) is 15.6. The van der Waals surface area contributed by atoms with Crippen molar-refractivity contribution in [3.8, 4) is 0 Å². The molecule has 0 bridgehead atoms. The van der Waals surface area contributed by atoms with E-state index in [2.05, 4.69) is 0 Å². The van der Waals surface area contributed by atoms with Crippen molar-refractivity contribution in [1.29, 1.82) is 0 Å². The molecule has 2 aliphatic rings. The van der Waals surface area contributed by atoms with Gasteiger partial charge in [-0.2, -0.15) is 0 Å². The number of carbonyl (C=O) groups is 1. The first-order valence-electron chi connectivity index (χ1n) is 7.54. The number of nitrogens with zero attached hydrogens (tertiary/aromatic N) is 1. The molecule has 3 rings (SSSR count). The Morgan fingerprint density at radius 1 is 1.23 bits per heavy atom. The van der Waals surface area contributed by atoms with Crippen LogP contribution in [0.2, 0.25) is 0 Å². The molecular weight excluding hydrogens is 308 g/mol. The predicted octanol–water partition coefficient (Wildman–Crippen LogP) is 2.44. The van der Waals surface area contributed by atoms with E-state index in [0.29, 0.717) is 23.5 Å². The van der Waals surface area contributed by atoms with E-state index in [1.807, 2.05) is 0 Å². The van der Waals surface area contributed by atoms with Crippen molar-refractivity contribution in [2.75, 3.05) is 18.6 Å². The second kappa shape index (κ2) is 6.07. The Labute approximate surface area is 131 Å². The second-order valence-electron chi connectivity index (χ2n) is 6.15. The molecule has 0 unspecified atom stereocenters. The number of rotatable bonds is 3. The van der Waals surface area contributed by atoms with Crippen LogP contribution in [0.4, 0.5) is 8.78 Å². The number of amides is 1. The molecule has 0 aromatic heterocycles. The van der Waals surface area contributed by atoms with Gasteiger partial charge in [-0.25, -0.2) is 8.78 Å². The highest BCUT2D eigenvalue weighted by Crippen LogP contribution is 2.48. The van der Waals surface area contributed by atoms with Crippen molar-refractivity contribution >= 4 is 16.7 Å². The van der Waals surface area contributed by atoms with E-state index in [1.165, 1.54) is 6.07 Å². The lowest BCUT2D eigenvalue weighted by Gasteiger charge is -2.31. The van der Waals surface area contributed by atoms with Crippen LogP contribution in [-0.4, -0.2) is 39.6 Å². The van der Waals surface area contributed by atoms with Gasteiger partial charge in [-0.1, -0.05) is 6.07 Å². The number of benzene rings is 1. The third kappa shape index (κ3) is 3.07. The first-order valence-corrected chi connectivity index (χ1v) is 9.02. The van der Waals surface area contributed by atoms with Crippen LogP contribution in [-0.2, 0) is 15.6 Å². The minimum Gasteiger partial charge on any atom is -0.342 e. The Balaban J connectivity index is 1.62. The van der Waals surface area contributed by atoms with Crippen molar-refractivity contribution in [3.63, 3.8) is 0 Å². The molecule has 1 aromatic carbocycles. The van der Waals surface area contributed by atoms with Crippen molar-refractivity contribution in [2.24, 2.45) is 5.92 Å². The van der Waals surface area contributed by atoms with E-state index in [9.17, 15) is 17.8 Å². The molecule has 1 saturated heterocycles. The fourth-order valence-electron chi connectivity index (χ4n) is 3.19. The molecule has 22 heavy (non-hydrogen) atoms. The third-order valence-electron chi connectivity index (χ3n) is 4.73. The Bertz CT molecular complexity index is 612. The van der Waals surface area contributed by atoms with Gasteiger partial charge < -0.3 is 4.90 Å². The van der Waals surface area contributed by atoms with Crippen LogP contribution in [0.1, 0.15) is 30.7 Å². The van der Waals surface area contributed by atoms with Crippen LogP contribution in [0.15, 0.2) is 18.2 Å². The van der Waals surface area contributed by atoms with Gasteiger partial charge in [0, 0.05) is 41.3 Å². The van der Waals surface area contributed by atoms with E-state index in [4.69, 9.17) is 0 Å². The van der Waals surface area contributed by atoms with Gasteiger partial charge in [0.1, 0.15) is 0 Å². The summed E-state index contributed by atoms with van der Waals surface area (Å²) in [6.45, 7) is 0. The predicted molar refractivity (Wildman–Crippen MR) is 80.9 cm³/mol. The smallest absolute Gasteiger partial charge is 0.226 e. The zero-order valence-electron chi connectivity index (χ0n) is 12.4. The van der Waals surface area contributed by atoms with Gasteiger partial charge in [0.05, 0.1) is 0 Å². The molecule has 3 nitrogen and oxygen atoms in total. The minimum atomic E-state index is -0.862. The monoisotopic (exact) mass is 327 g/mol. The average Bonchev–Trinajstić information content (AvgIpc) is 3.30. The fourth-order valence-corrected chi connectivity index (χ4v) is 4.46. The summed E-state index contributed by atoms with van der Waals surface area (Å²) in [5.74, 6) is -0.505. The van der Waals surface area contributed by atoms with Crippen LogP contribution in [0, 0.1) is 17.6 Å². The zero-order chi connectivity index (χ0) is 15.9. The summed E-state index contributed by atoms with van der Waals surface area (Å²) in [6.07, 6.45) is 2.24. The number of carbonyl (C=O) groups excluding carboxylic acids is 1. The zero-order valence-corrected chi connectivity index (χ0v) is 13.2. The molecule has 1 aliphatic carbocycles. The highest BCUT2D eigenvalue weighted by atomic mass is 32.2. The van der Waals surface area contributed by atoms with Crippen LogP contribution in [0.5, 0.6) is 0 Å². The summed E-state index contributed by atoms with van der Waals surface area (Å²) in [5, 5.41) is 0. The van der Waals surface area contributed by atoms with Crippen LogP contribution in [0.25, 0.3) is 0 Å². The Hall–Kier alpha value is -1.30. The van der Waals surface area contributed by atoms with E-state index in [0.717, 1.165) is 18.9 Å². The Morgan fingerprint density at radius 2 is 1.91 bits per heavy atom. The van der Waals surface area contributed by atoms with Gasteiger partial charge >= 0.3 is 0 Å². The molecule has 2 fully saturated rings. The van der Waals surface area contributed by atoms with E-state index in [1.54, 1.807) is 18.0 Å². The number of hydrogen-bond acceptors (Lipinski definition) is 2. The molecular formula is C16H19F2NO2S. The molecule has 1 aromatic rings. The van der Waals surface area contributed by atoms with E-state index < -0.39 is 22.4 Å². The lowest BCUT2D eigenvalue weighted by Crippen LogP contribution is -2.42. The van der Waals surface area contributed by atoms with Gasteiger partial charge in [0.15, 0.2) is 11.6 Å². The molecule has 1 amide bonds. The summed E-state index contributed by atoms with van der Waals surface area (Å²) >= 11 is 0. The summed E-state index contributed by atoms with van der Waals surface area (Å²) in [7, 11) is 1.05. The van der Waals surface area contributed by atoms with Crippen LogP contribution in [0.3, 0.4) is 0 Å². The highest BCUT2D eigenvalue weighted by molar-refractivity contribution is 7.85. The largest absolute Gasteiger partial charge is 0.342 e. The quantitative estimate of drug-likeness (QED) is 0.855. The van der Waals surface area contributed by atoms with Gasteiger partial charge in [0.2, 0.25) is 5.91 Å². The highest BCUT2D eigenvalue weighted by Gasteiger charge is 2.46. The SMILES string of the molecule is CN(C(=O)[C@@H]1C[C@H]1c1ccc(F)c(F)c1)C1CCS(=O)CC1. The molecule has 0 N–H and O–H groups in total. The van der Waals surface area contributed by atoms with Crippen LogP contribution < -0.4 is 0 Å². The van der Waals surface area contributed by atoms with Gasteiger partial charge in [-0.15, -0.1) is 0 Å². The standard InChI is InChI=1S/C16H19F2NO2S/c1-19(11-4-6-22(21)7-5-11)16(20)13-9-12(13)10-2-3-14(17)15(18)8-10/h2-3,8,11-13H,4-7,9H2,1H3/t11?,12-,13+,22?/m0/s1. The summed E-state index contributed by atoms with van der Waals surface area (Å²) < 4.78 is 37.6. The molecule has 1 saturated carbocycles. The Kier molecular flexibility index (Phi) is 4.30. The van der Waals surface area contributed by atoms with Crippen molar-refractivity contribution in [3.05, 3.63) is 35.4 Å². The van der Waals surface area contributed by atoms with Gasteiger partial charge in [-0.3, -0.25) is 9.00 Å². The second-order valence-corrected chi connectivity index (χ2v) is 7.85. The van der Waals surface area contributed by atoms with Crippen LogP contribution >= 0.6 is 0 Å². The fraction of sp³-hybridized carbons (Fsp3) is 0.562. The maximum absolute atomic E-state index is 13.3. The minimum absolute atomic E-state index is 0.0113. The maximum atomic E-state index is 13.3. The van der Waals surface area contributed by atoms with Crippen molar-refractivity contribution in [1.82, 2.24) is 4.90 Å². The Morgan fingerprint density at radius 3 is 2.55 bits per heavy atom. The topological polar surface area (TPSA) is 37.4 Å². The number of halogens is 2.